The zero-order valence-corrected chi connectivity index (χ0v) is 20.7. The number of thioether (sulfide) groups is 1. The van der Waals surface area contributed by atoms with Gasteiger partial charge in [-0.1, -0.05) is 13.0 Å². The smallest absolute Gasteiger partial charge is 0.252 e. The maximum Gasteiger partial charge on any atom is 0.252 e. The first-order valence-corrected chi connectivity index (χ1v) is 13.3. The van der Waals surface area contributed by atoms with E-state index in [1.54, 1.807) is 30.5 Å². The summed E-state index contributed by atoms with van der Waals surface area (Å²) in [7, 11) is 0. The van der Waals surface area contributed by atoms with E-state index in [1.165, 1.54) is 16.7 Å². The number of nitrogens with one attached hydrogen (secondary N) is 1. The summed E-state index contributed by atoms with van der Waals surface area (Å²) < 4.78 is 10.4. The monoisotopic (exact) mass is 508 g/mol. The Labute approximate surface area is 211 Å². The molecule has 2 aromatic rings. The Kier molecular flexibility index (Phi) is 6.83. The summed E-state index contributed by atoms with van der Waals surface area (Å²) in [6.07, 6.45) is 4.98. The first-order chi connectivity index (χ1) is 17.0. The number of amides is 2. The molecule has 2 amide bonds. The molecule has 2 unspecified atom stereocenters. The Hall–Kier alpha value is -3.23. The van der Waals surface area contributed by atoms with Crippen LogP contribution in [0.1, 0.15) is 22.8 Å². The van der Waals surface area contributed by atoms with Gasteiger partial charge in [0.2, 0.25) is 12.1 Å². The lowest BCUT2D eigenvalue weighted by molar-refractivity contribution is -0.129. The maximum atomic E-state index is 13.0. The highest BCUT2D eigenvalue weighted by Crippen LogP contribution is 2.29. The van der Waals surface area contributed by atoms with Crippen LogP contribution in [0.15, 0.2) is 47.3 Å². The molecule has 3 aliphatic heterocycles. The highest BCUT2D eigenvalue weighted by atomic mass is 32.2. The van der Waals surface area contributed by atoms with Gasteiger partial charge in [-0.2, -0.15) is 5.26 Å². The van der Waals surface area contributed by atoms with Crippen molar-refractivity contribution in [2.45, 2.75) is 25.7 Å². The summed E-state index contributed by atoms with van der Waals surface area (Å²) in [6, 6.07) is 9.19. The molecule has 3 atom stereocenters. The molecule has 180 valence electrons. The van der Waals surface area contributed by atoms with Crippen LogP contribution in [0.2, 0.25) is 0 Å². The Morgan fingerprint density at radius 2 is 2.20 bits per heavy atom. The molecule has 5 rings (SSSR count). The molecular weight excluding hydrogens is 484 g/mol. The average molecular weight is 509 g/mol. The van der Waals surface area contributed by atoms with Gasteiger partial charge in [0.1, 0.15) is 12.3 Å². The fraction of sp³-hybridized carbons (Fsp3) is 0.375. The van der Waals surface area contributed by atoms with E-state index in [2.05, 4.69) is 32.6 Å². The van der Waals surface area contributed by atoms with Gasteiger partial charge in [0, 0.05) is 41.8 Å². The lowest BCUT2D eigenvalue weighted by atomic mass is 10.0. The summed E-state index contributed by atoms with van der Waals surface area (Å²) >= 11 is 3.10. The van der Waals surface area contributed by atoms with Crippen molar-refractivity contribution < 1.29 is 14.3 Å². The molecule has 1 saturated heterocycles. The number of aromatic nitrogens is 1. The van der Waals surface area contributed by atoms with Gasteiger partial charge in [0.05, 0.1) is 35.3 Å². The summed E-state index contributed by atoms with van der Waals surface area (Å²) in [6.45, 7) is 2.58. The second-order valence-electron chi connectivity index (χ2n) is 8.56. The number of hydrogen-bond acceptors (Lipinski definition) is 9. The average Bonchev–Trinajstić information content (AvgIpc) is 3.62. The summed E-state index contributed by atoms with van der Waals surface area (Å²) in [5, 5.41) is 12.6. The van der Waals surface area contributed by atoms with E-state index in [0.717, 1.165) is 17.0 Å². The fourth-order valence-corrected chi connectivity index (χ4v) is 6.25. The van der Waals surface area contributed by atoms with Crippen molar-refractivity contribution in [2.24, 2.45) is 10.3 Å². The first-order valence-electron chi connectivity index (χ1n) is 11.3. The van der Waals surface area contributed by atoms with Gasteiger partial charge in [-0.25, -0.2) is 4.40 Å². The van der Waals surface area contributed by atoms with Gasteiger partial charge >= 0.3 is 0 Å². The van der Waals surface area contributed by atoms with Crippen LogP contribution in [0.5, 0.6) is 0 Å². The van der Waals surface area contributed by atoms with Gasteiger partial charge in [0.15, 0.2) is 0 Å². The SMILES string of the molecule is CC1CSN=C1[C@H]1OC=CN1Cc1ccc2nccc(C(=O)NCC(=O)N3CSCC3C#N)c2c1. The number of ether oxygens (including phenoxy) is 1. The molecule has 3 aliphatic rings. The van der Waals surface area contributed by atoms with Crippen molar-refractivity contribution in [3.05, 3.63) is 54.1 Å². The van der Waals surface area contributed by atoms with Crippen LogP contribution >= 0.6 is 23.7 Å². The van der Waals surface area contributed by atoms with Gasteiger partial charge in [-0.15, -0.1) is 11.8 Å². The quantitative estimate of drug-likeness (QED) is 0.593. The molecule has 0 saturated carbocycles. The lowest BCUT2D eigenvalue weighted by Crippen LogP contribution is -2.42. The second-order valence-corrected chi connectivity index (χ2v) is 10.3. The van der Waals surface area contributed by atoms with Crippen molar-refractivity contribution in [1.29, 1.82) is 5.26 Å². The van der Waals surface area contributed by atoms with Crippen molar-refractivity contribution in [1.82, 2.24) is 20.1 Å². The Bertz CT molecular complexity index is 1260. The van der Waals surface area contributed by atoms with Crippen LogP contribution in [0.25, 0.3) is 10.9 Å². The molecule has 0 aliphatic carbocycles. The topological polar surface area (TPSA) is 111 Å². The van der Waals surface area contributed by atoms with E-state index < -0.39 is 6.04 Å². The van der Waals surface area contributed by atoms with E-state index in [4.69, 9.17) is 4.74 Å². The standard InChI is InChI=1S/C24H24N6O3S2/c1-15-12-35-28-22(15)24-29(6-7-33-24)11-16-2-3-20-19(8-16)18(4-5-26-20)23(32)27-10-21(31)30-14-34-13-17(30)9-25/h2-8,15,17,24H,10-14H2,1H3,(H,27,32)/t15?,17?,24-/m1/s1. The second kappa shape index (κ2) is 10.2. The Morgan fingerprint density at radius 3 is 3.00 bits per heavy atom. The Balaban J connectivity index is 1.31. The van der Waals surface area contributed by atoms with Crippen LogP contribution in [-0.2, 0) is 16.1 Å². The van der Waals surface area contributed by atoms with Crippen molar-refractivity contribution in [2.75, 3.05) is 23.9 Å². The number of nitrogens with zero attached hydrogens (tertiary/aromatic N) is 5. The van der Waals surface area contributed by atoms with Crippen LogP contribution in [-0.4, -0.2) is 68.5 Å². The number of fused-ring (bicyclic) bond motifs is 1. The summed E-state index contributed by atoms with van der Waals surface area (Å²) in [5.74, 6) is 1.76. The van der Waals surface area contributed by atoms with Crippen molar-refractivity contribution >= 4 is 52.1 Å². The highest BCUT2D eigenvalue weighted by Gasteiger charge is 2.33. The number of benzene rings is 1. The molecule has 9 nitrogen and oxygen atoms in total. The number of carbonyl (C=O) groups is 2. The minimum atomic E-state index is -0.446. The summed E-state index contributed by atoms with van der Waals surface area (Å²) in [4.78, 5) is 33.5. The third-order valence-corrected chi connectivity index (χ3v) is 8.18. The third-order valence-electron chi connectivity index (χ3n) is 6.18. The van der Waals surface area contributed by atoms with E-state index in [1.807, 2.05) is 24.4 Å². The molecule has 1 aromatic heterocycles. The fourth-order valence-electron chi connectivity index (χ4n) is 4.26. The predicted molar refractivity (Wildman–Crippen MR) is 136 cm³/mol. The molecule has 1 N–H and O–H groups in total. The van der Waals surface area contributed by atoms with E-state index in [-0.39, 0.29) is 24.6 Å². The molecular formula is C24H24N6O3S2. The molecule has 0 bridgehead atoms. The molecule has 0 spiro atoms. The zero-order valence-electron chi connectivity index (χ0n) is 19.1. The maximum absolute atomic E-state index is 13.0. The van der Waals surface area contributed by atoms with E-state index in [9.17, 15) is 14.9 Å². The van der Waals surface area contributed by atoms with Crippen LogP contribution in [0.3, 0.4) is 0 Å². The minimum Gasteiger partial charge on any atom is -0.471 e. The van der Waals surface area contributed by atoms with Crippen LogP contribution in [0, 0.1) is 17.2 Å². The van der Waals surface area contributed by atoms with Gasteiger partial charge in [-0.3, -0.25) is 14.6 Å². The Morgan fingerprint density at radius 1 is 1.31 bits per heavy atom. The molecule has 1 aromatic carbocycles. The number of pyridine rings is 1. The lowest BCUT2D eigenvalue weighted by Gasteiger charge is -2.26. The highest BCUT2D eigenvalue weighted by molar-refractivity contribution is 7.99. The number of nitriles is 1. The molecule has 0 radical (unpaired) electrons. The van der Waals surface area contributed by atoms with Crippen molar-refractivity contribution in [3.8, 4) is 6.07 Å². The summed E-state index contributed by atoms with van der Waals surface area (Å²) in [5.41, 5.74) is 3.18. The molecule has 1 fully saturated rings. The molecule has 35 heavy (non-hydrogen) atoms. The van der Waals surface area contributed by atoms with Crippen molar-refractivity contribution in [3.63, 3.8) is 0 Å². The third kappa shape index (κ3) is 4.81. The molecule has 4 heterocycles. The predicted octanol–water partition coefficient (Wildman–Crippen LogP) is 2.76. The van der Waals surface area contributed by atoms with E-state index >= 15 is 0 Å². The first kappa shape index (κ1) is 23.5. The molecule has 11 heteroatoms. The number of hydrogen-bond donors (Lipinski definition) is 1. The number of rotatable bonds is 6. The minimum absolute atomic E-state index is 0.156. The van der Waals surface area contributed by atoms with Crippen LogP contribution in [0.4, 0.5) is 0 Å². The van der Waals surface area contributed by atoms with E-state index in [0.29, 0.717) is 40.6 Å². The van der Waals surface area contributed by atoms with Gasteiger partial charge in [-0.05, 0) is 35.7 Å². The normalized spacial score (nSPS) is 23.3. The van der Waals surface area contributed by atoms with Gasteiger partial charge < -0.3 is 19.9 Å². The van der Waals surface area contributed by atoms with Crippen LogP contribution < -0.4 is 5.32 Å². The largest absolute Gasteiger partial charge is 0.471 e. The zero-order chi connectivity index (χ0) is 24.4. The number of carbonyl (C=O) groups excluding carboxylic acids is 2. The van der Waals surface area contributed by atoms with Gasteiger partial charge in [0.25, 0.3) is 5.91 Å².